The van der Waals surface area contributed by atoms with Gasteiger partial charge in [-0.05, 0) is 32.7 Å². The third-order valence-corrected chi connectivity index (χ3v) is 2.34. The average Bonchev–Trinajstić information content (AvgIpc) is 2.99. The smallest absolute Gasteiger partial charge is 0.248 e. The summed E-state index contributed by atoms with van der Waals surface area (Å²) >= 11 is 0. The van der Waals surface area contributed by atoms with Crippen molar-refractivity contribution >= 4 is 5.91 Å². The Labute approximate surface area is 85.4 Å². The van der Waals surface area contributed by atoms with Crippen LogP contribution in [0.4, 0.5) is 0 Å². The fourth-order valence-corrected chi connectivity index (χ4v) is 1.43. The SMILES string of the molecule is CCOCC(=O)N(CCCN)C1CC1. The van der Waals surface area contributed by atoms with Gasteiger partial charge in [0.15, 0.2) is 0 Å². The lowest BCUT2D eigenvalue weighted by molar-refractivity contribution is -0.136. The highest BCUT2D eigenvalue weighted by molar-refractivity contribution is 5.78. The Morgan fingerprint density at radius 3 is 2.79 bits per heavy atom. The molecule has 4 heteroatoms. The van der Waals surface area contributed by atoms with Gasteiger partial charge in [-0.1, -0.05) is 0 Å². The molecule has 82 valence electrons. The van der Waals surface area contributed by atoms with Crippen molar-refractivity contribution in [2.24, 2.45) is 5.73 Å². The summed E-state index contributed by atoms with van der Waals surface area (Å²) in [5.74, 6) is 0.114. The first kappa shape index (κ1) is 11.5. The summed E-state index contributed by atoms with van der Waals surface area (Å²) in [5.41, 5.74) is 5.43. The van der Waals surface area contributed by atoms with Crippen LogP contribution in [0.15, 0.2) is 0 Å². The molecule has 1 amide bonds. The van der Waals surface area contributed by atoms with E-state index in [1.54, 1.807) is 0 Å². The maximum absolute atomic E-state index is 11.6. The molecular weight excluding hydrogens is 180 g/mol. The summed E-state index contributed by atoms with van der Waals surface area (Å²) < 4.78 is 5.11. The molecule has 0 saturated heterocycles. The summed E-state index contributed by atoms with van der Waals surface area (Å²) in [6.45, 7) is 4.14. The van der Waals surface area contributed by atoms with Crippen LogP contribution in [-0.2, 0) is 9.53 Å². The van der Waals surface area contributed by atoms with Gasteiger partial charge in [0.25, 0.3) is 0 Å². The number of amides is 1. The molecule has 0 radical (unpaired) electrons. The minimum Gasteiger partial charge on any atom is -0.372 e. The average molecular weight is 200 g/mol. The standard InChI is InChI=1S/C10H20N2O2/c1-2-14-8-10(13)12(7-3-6-11)9-4-5-9/h9H,2-8,11H2,1H3. The zero-order chi connectivity index (χ0) is 10.4. The Morgan fingerprint density at radius 1 is 1.57 bits per heavy atom. The number of hydrogen-bond donors (Lipinski definition) is 1. The Bertz CT molecular complexity index is 181. The van der Waals surface area contributed by atoms with Gasteiger partial charge in [-0.3, -0.25) is 4.79 Å². The van der Waals surface area contributed by atoms with Gasteiger partial charge in [0, 0.05) is 19.2 Å². The summed E-state index contributed by atoms with van der Waals surface area (Å²) in [4.78, 5) is 13.6. The van der Waals surface area contributed by atoms with Gasteiger partial charge in [-0.25, -0.2) is 0 Å². The van der Waals surface area contributed by atoms with E-state index in [9.17, 15) is 4.79 Å². The Balaban J connectivity index is 2.28. The van der Waals surface area contributed by atoms with Crippen molar-refractivity contribution in [1.82, 2.24) is 4.90 Å². The molecular formula is C10H20N2O2. The van der Waals surface area contributed by atoms with Crippen LogP contribution in [0.25, 0.3) is 0 Å². The van der Waals surface area contributed by atoms with E-state index in [-0.39, 0.29) is 12.5 Å². The fourth-order valence-electron chi connectivity index (χ4n) is 1.43. The maximum Gasteiger partial charge on any atom is 0.248 e. The summed E-state index contributed by atoms with van der Waals surface area (Å²) in [6, 6.07) is 0.467. The summed E-state index contributed by atoms with van der Waals surface area (Å²) in [6.07, 6.45) is 3.17. The van der Waals surface area contributed by atoms with E-state index < -0.39 is 0 Å². The van der Waals surface area contributed by atoms with E-state index in [4.69, 9.17) is 10.5 Å². The molecule has 2 N–H and O–H groups in total. The van der Waals surface area contributed by atoms with Gasteiger partial charge in [-0.15, -0.1) is 0 Å². The first-order valence-electron chi connectivity index (χ1n) is 5.36. The van der Waals surface area contributed by atoms with Gasteiger partial charge < -0.3 is 15.4 Å². The van der Waals surface area contributed by atoms with Crippen LogP contribution in [0.3, 0.4) is 0 Å². The van der Waals surface area contributed by atoms with Crippen LogP contribution in [0.1, 0.15) is 26.2 Å². The fraction of sp³-hybridized carbons (Fsp3) is 0.900. The van der Waals surface area contributed by atoms with E-state index in [0.717, 1.165) is 25.8 Å². The van der Waals surface area contributed by atoms with Crippen LogP contribution in [-0.4, -0.2) is 43.2 Å². The quantitative estimate of drug-likeness (QED) is 0.645. The predicted molar refractivity (Wildman–Crippen MR) is 54.9 cm³/mol. The molecule has 0 aromatic heterocycles. The monoisotopic (exact) mass is 200 g/mol. The minimum absolute atomic E-state index is 0.114. The second kappa shape index (κ2) is 5.98. The second-order valence-corrected chi connectivity index (χ2v) is 3.60. The molecule has 0 unspecified atom stereocenters. The Morgan fingerprint density at radius 2 is 2.29 bits per heavy atom. The number of nitrogens with two attached hydrogens (primary N) is 1. The predicted octanol–water partition coefficient (Wildman–Crippen LogP) is 0.363. The number of nitrogens with zero attached hydrogens (tertiary/aromatic N) is 1. The Kier molecular flexibility index (Phi) is 4.90. The van der Waals surface area contributed by atoms with Gasteiger partial charge in [0.1, 0.15) is 6.61 Å². The van der Waals surface area contributed by atoms with Gasteiger partial charge in [0.05, 0.1) is 0 Å². The van der Waals surface area contributed by atoms with Crippen LogP contribution < -0.4 is 5.73 Å². The topological polar surface area (TPSA) is 55.6 Å². The Hall–Kier alpha value is -0.610. The molecule has 14 heavy (non-hydrogen) atoms. The van der Waals surface area contributed by atoms with Crippen molar-refractivity contribution in [3.05, 3.63) is 0 Å². The van der Waals surface area contributed by atoms with Crippen molar-refractivity contribution < 1.29 is 9.53 Å². The minimum atomic E-state index is 0.114. The molecule has 0 spiro atoms. The number of rotatable bonds is 7. The van der Waals surface area contributed by atoms with Gasteiger partial charge in [-0.2, -0.15) is 0 Å². The van der Waals surface area contributed by atoms with E-state index in [1.807, 2.05) is 11.8 Å². The third-order valence-electron chi connectivity index (χ3n) is 2.34. The lowest BCUT2D eigenvalue weighted by Crippen LogP contribution is -2.37. The highest BCUT2D eigenvalue weighted by Crippen LogP contribution is 2.26. The molecule has 1 fully saturated rings. The normalized spacial score (nSPS) is 15.6. The van der Waals surface area contributed by atoms with Crippen molar-refractivity contribution in [3.63, 3.8) is 0 Å². The molecule has 0 aromatic rings. The molecule has 0 aromatic carbocycles. The number of carbonyl (C=O) groups excluding carboxylic acids is 1. The van der Waals surface area contributed by atoms with Crippen molar-refractivity contribution in [2.45, 2.75) is 32.2 Å². The first-order valence-corrected chi connectivity index (χ1v) is 5.36. The maximum atomic E-state index is 11.6. The number of ether oxygens (including phenoxy) is 1. The number of hydrogen-bond acceptors (Lipinski definition) is 3. The molecule has 4 nitrogen and oxygen atoms in total. The van der Waals surface area contributed by atoms with E-state index in [1.165, 1.54) is 0 Å². The molecule has 0 aliphatic heterocycles. The van der Waals surface area contributed by atoms with Crippen LogP contribution >= 0.6 is 0 Å². The largest absolute Gasteiger partial charge is 0.372 e. The molecule has 0 bridgehead atoms. The molecule has 1 rings (SSSR count). The van der Waals surface area contributed by atoms with Crippen molar-refractivity contribution in [1.29, 1.82) is 0 Å². The van der Waals surface area contributed by atoms with Crippen LogP contribution in [0.5, 0.6) is 0 Å². The highest BCUT2D eigenvalue weighted by Gasteiger charge is 2.31. The van der Waals surface area contributed by atoms with Crippen molar-refractivity contribution in [2.75, 3.05) is 26.3 Å². The summed E-state index contributed by atoms with van der Waals surface area (Å²) in [7, 11) is 0. The lowest BCUT2D eigenvalue weighted by atomic mass is 10.3. The zero-order valence-corrected chi connectivity index (χ0v) is 8.87. The molecule has 1 aliphatic rings. The number of carbonyl (C=O) groups is 1. The summed E-state index contributed by atoms with van der Waals surface area (Å²) in [5, 5.41) is 0. The zero-order valence-electron chi connectivity index (χ0n) is 8.87. The molecule has 0 atom stereocenters. The van der Waals surface area contributed by atoms with Crippen LogP contribution in [0, 0.1) is 0 Å². The van der Waals surface area contributed by atoms with Gasteiger partial charge >= 0.3 is 0 Å². The first-order chi connectivity index (χ1) is 6.79. The van der Waals surface area contributed by atoms with E-state index >= 15 is 0 Å². The van der Waals surface area contributed by atoms with Crippen molar-refractivity contribution in [3.8, 4) is 0 Å². The molecule has 1 saturated carbocycles. The van der Waals surface area contributed by atoms with E-state index in [2.05, 4.69) is 0 Å². The van der Waals surface area contributed by atoms with Crippen LogP contribution in [0.2, 0.25) is 0 Å². The highest BCUT2D eigenvalue weighted by atomic mass is 16.5. The van der Waals surface area contributed by atoms with E-state index in [0.29, 0.717) is 19.2 Å². The lowest BCUT2D eigenvalue weighted by Gasteiger charge is -2.21. The second-order valence-electron chi connectivity index (χ2n) is 3.60. The van der Waals surface area contributed by atoms with Gasteiger partial charge in [0.2, 0.25) is 5.91 Å². The third kappa shape index (κ3) is 3.64. The molecule has 1 aliphatic carbocycles. The molecule has 0 heterocycles.